The molecule has 0 aromatic carbocycles. The van der Waals surface area contributed by atoms with Crippen molar-refractivity contribution in [3.63, 3.8) is 0 Å². The zero-order chi connectivity index (χ0) is 14.7. The van der Waals surface area contributed by atoms with Crippen molar-refractivity contribution in [3.8, 4) is 0 Å². The first-order chi connectivity index (χ1) is 8.95. The summed E-state index contributed by atoms with van der Waals surface area (Å²) in [7, 11) is 0. The Morgan fingerprint density at radius 3 is 2.16 bits per heavy atom. The summed E-state index contributed by atoms with van der Waals surface area (Å²) in [6, 6.07) is 0.872. The summed E-state index contributed by atoms with van der Waals surface area (Å²) in [5.74, 6) is 0.0717. The van der Waals surface area contributed by atoms with E-state index in [0.29, 0.717) is 25.2 Å². The molecule has 0 aromatic rings. The molecule has 19 heavy (non-hydrogen) atoms. The van der Waals surface area contributed by atoms with Crippen LogP contribution in [0, 0.1) is 0 Å². The van der Waals surface area contributed by atoms with Crippen molar-refractivity contribution in [2.45, 2.75) is 39.8 Å². The zero-order valence-electron chi connectivity index (χ0n) is 12.6. The maximum atomic E-state index is 11.5. The van der Waals surface area contributed by atoms with Crippen LogP contribution < -0.4 is 16.0 Å². The number of nitrogens with zero attached hydrogens (tertiary/aromatic N) is 1. The molecule has 3 N–H and O–H groups in total. The topological polar surface area (TPSA) is 56.4 Å². The van der Waals surface area contributed by atoms with Gasteiger partial charge in [-0.1, -0.05) is 50.3 Å². The minimum Gasteiger partial charge on any atom is -0.354 e. The van der Waals surface area contributed by atoms with Crippen LogP contribution in [-0.4, -0.2) is 60.2 Å². The Labute approximate surface area is 131 Å². The normalized spacial score (nSPS) is 11.6. The number of halogens is 1. The van der Waals surface area contributed by atoms with Gasteiger partial charge in [0.05, 0.1) is 11.1 Å². The van der Waals surface area contributed by atoms with Gasteiger partial charge in [0.2, 0.25) is 5.91 Å². The summed E-state index contributed by atoms with van der Waals surface area (Å²) < 4.78 is 0.984. The molecule has 0 aromatic heterocycles. The van der Waals surface area contributed by atoms with E-state index in [1.54, 1.807) is 0 Å². The predicted molar refractivity (Wildman–Crippen MR) is 89.7 cm³/mol. The molecule has 0 saturated heterocycles. The van der Waals surface area contributed by atoms with Gasteiger partial charge < -0.3 is 16.0 Å². The monoisotopic (exact) mass is 384 g/mol. The largest absolute Gasteiger partial charge is 0.354 e. The predicted octanol–water partition coefficient (Wildman–Crippen LogP) is 0.793. The molecule has 0 fully saturated rings. The molecule has 0 rings (SSSR count). The van der Waals surface area contributed by atoms with Crippen molar-refractivity contribution in [3.05, 3.63) is 0 Å². The lowest BCUT2D eigenvalue weighted by Gasteiger charge is -2.20. The van der Waals surface area contributed by atoms with E-state index in [1.165, 1.54) is 0 Å². The average Bonchev–Trinajstić information content (AvgIpc) is 2.34. The summed E-state index contributed by atoms with van der Waals surface area (Å²) in [6.45, 7) is 12.4. The van der Waals surface area contributed by atoms with Crippen molar-refractivity contribution in [1.29, 1.82) is 0 Å². The molecule has 0 radical (unpaired) electrons. The van der Waals surface area contributed by atoms with Gasteiger partial charge in [0.1, 0.15) is 0 Å². The first kappa shape index (κ1) is 19.1. The van der Waals surface area contributed by atoms with E-state index in [1.807, 2.05) is 13.8 Å². The Morgan fingerprint density at radius 2 is 1.63 bits per heavy atom. The molecule has 0 heterocycles. The van der Waals surface area contributed by atoms with Crippen molar-refractivity contribution >= 4 is 28.5 Å². The standard InChI is InChI=1S/C13H29IN4O/c1-11(2)15-5-7-18(10-14)8-6-16-13(19)9-17-12(3)4/h11-12,15,17H,5-10H2,1-4H3,(H,16,19). The van der Waals surface area contributed by atoms with Gasteiger partial charge in [0.25, 0.3) is 0 Å². The number of alkyl halides is 1. The Kier molecular flexibility index (Phi) is 11.9. The number of rotatable bonds is 11. The number of nitrogens with one attached hydrogen (secondary N) is 3. The van der Waals surface area contributed by atoms with Gasteiger partial charge in [0, 0.05) is 38.3 Å². The molecule has 6 heteroatoms. The van der Waals surface area contributed by atoms with Crippen LogP contribution in [0.5, 0.6) is 0 Å². The molecule has 1 amide bonds. The van der Waals surface area contributed by atoms with Crippen LogP contribution in [0.1, 0.15) is 27.7 Å². The highest BCUT2D eigenvalue weighted by Gasteiger charge is 2.05. The Balaban J connectivity index is 3.62. The van der Waals surface area contributed by atoms with E-state index >= 15 is 0 Å². The number of amides is 1. The minimum atomic E-state index is 0.0717. The van der Waals surface area contributed by atoms with Crippen LogP contribution in [0.2, 0.25) is 0 Å². The van der Waals surface area contributed by atoms with Crippen molar-refractivity contribution in [2.24, 2.45) is 0 Å². The third-order valence-corrected chi connectivity index (χ3v) is 3.54. The second-order valence-corrected chi connectivity index (χ2v) is 5.91. The molecule has 0 unspecified atom stereocenters. The Hall–Kier alpha value is 0.0800. The van der Waals surface area contributed by atoms with Gasteiger partial charge in [0.15, 0.2) is 0 Å². The second-order valence-electron chi connectivity index (χ2n) is 5.23. The fourth-order valence-corrected chi connectivity index (χ4v) is 2.14. The van der Waals surface area contributed by atoms with Crippen molar-refractivity contribution in [1.82, 2.24) is 20.9 Å². The maximum Gasteiger partial charge on any atom is 0.234 e. The SMILES string of the molecule is CC(C)NCCN(CI)CCNC(=O)CNC(C)C. The quantitative estimate of drug-likeness (QED) is 0.280. The molecule has 114 valence electrons. The summed E-state index contributed by atoms with van der Waals surface area (Å²) in [5, 5.41) is 9.44. The third-order valence-electron chi connectivity index (χ3n) is 2.57. The molecule has 5 nitrogen and oxygen atoms in total. The van der Waals surface area contributed by atoms with Crippen LogP contribution in [0.4, 0.5) is 0 Å². The first-order valence-corrected chi connectivity index (χ1v) is 8.50. The number of hydrogen-bond acceptors (Lipinski definition) is 4. The van der Waals surface area contributed by atoms with Crippen LogP contribution in [0.15, 0.2) is 0 Å². The number of carbonyl (C=O) groups is 1. The molecule has 0 atom stereocenters. The lowest BCUT2D eigenvalue weighted by molar-refractivity contribution is -0.120. The van der Waals surface area contributed by atoms with Gasteiger partial charge in [-0.2, -0.15) is 0 Å². The fourth-order valence-electron chi connectivity index (χ4n) is 1.46. The third kappa shape index (κ3) is 12.8. The van der Waals surface area contributed by atoms with Crippen molar-refractivity contribution in [2.75, 3.05) is 37.3 Å². The maximum absolute atomic E-state index is 11.5. The van der Waals surface area contributed by atoms with Crippen LogP contribution in [0.3, 0.4) is 0 Å². The van der Waals surface area contributed by atoms with Gasteiger partial charge in [-0.15, -0.1) is 0 Å². The van der Waals surface area contributed by atoms with Crippen LogP contribution in [0.25, 0.3) is 0 Å². The molecule has 0 saturated carbocycles. The molecule has 0 spiro atoms. The van der Waals surface area contributed by atoms with Gasteiger partial charge in [-0.25, -0.2) is 0 Å². The van der Waals surface area contributed by atoms with Gasteiger partial charge in [-0.05, 0) is 0 Å². The van der Waals surface area contributed by atoms with E-state index in [2.05, 4.69) is 57.3 Å². The molecular weight excluding hydrogens is 355 g/mol. The Bertz CT molecular complexity index is 237. The van der Waals surface area contributed by atoms with Gasteiger partial charge in [-0.3, -0.25) is 9.69 Å². The van der Waals surface area contributed by atoms with Crippen molar-refractivity contribution < 1.29 is 4.79 Å². The van der Waals surface area contributed by atoms with Crippen LogP contribution in [-0.2, 0) is 4.79 Å². The average molecular weight is 384 g/mol. The summed E-state index contributed by atoms with van der Waals surface area (Å²) in [4.78, 5) is 13.8. The number of hydrogen-bond donors (Lipinski definition) is 3. The minimum absolute atomic E-state index is 0.0717. The molecule has 0 aliphatic heterocycles. The smallest absolute Gasteiger partial charge is 0.234 e. The zero-order valence-corrected chi connectivity index (χ0v) is 14.8. The lowest BCUT2D eigenvalue weighted by Crippen LogP contribution is -2.42. The van der Waals surface area contributed by atoms with E-state index in [0.717, 1.165) is 24.2 Å². The van der Waals surface area contributed by atoms with Gasteiger partial charge >= 0.3 is 0 Å². The lowest BCUT2D eigenvalue weighted by atomic mass is 10.4. The van der Waals surface area contributed by atoms with E-state index in [9.17, 15) is 4.79 Å². The van der Waals surface area contributed by atoms with E-state index < -0.39 is 0 Å². The van der Waals surface area contributed by atoms with E-state index in [4.69, 9.17) is 0 Å². The highest BCUT2D eigenvalue weighted by atomic mass is 127. The summed E-state index contributed by atoms with van der Waals surface area (Å²) >= 11 is 2.36. The summed E-state index contributed by atoms with van der Waals surface area (Å²) in [6.07, 6.45) is 0. The highest BCUT2D eigenvalue weighted by Crippen LogP contribution is 1.92. The first-order valence-electron chi connectivity index (χ1n) is 6.97. The molecule has 0 bridgehead atoms. The van der Waals surface area contributed by atoms with Crippen LogP contribution >= 0.6 is 22.6 Å². The molecule has 0 aliphatic rings. The highest BCUT2D eigenvalue weighted by molar-refractivity contribution is 14.1. The molecular formula is C13H29IN4O. The summed E-state index contributed by atoms with van der Waals surface area (Å²) in [5.41, 5.74) is 0. The Morgan fingerprint density at radius 1 is 1.05 bits per heavy atom. The fraction of sp³-hybridized carbons (Fsp3) is 0.923. The second kappa shape index (κ2) is 11.9. The van der Waals surface area contributed by atoms with E-state index in [-0.39, 0.29) is 5.91 Å². The number of carbonyl (C=O) groups excluding carboxylic acids is 1. The molecule has 0 aliphatic carbocycles.